The van der Waals surface area contributed by atoms with Crippen LogP contribution in [-0.4, -0.2) is 31.2 Å². The van der Waals surface area contributed by atoms with Gasteiger partial charge in [0.25, 0.3) is 5.69 Å². The minimum absolute atomic E-state index is 0.0867. The van der Waals surface area contributed by atoms with Gasteiger partial charge in [0.05, 0.1) is 17.2 Å². The second kappa shape index (κ2) is 5.74. The lowest BCUT2D eigenvalue weighted by atomic mass is 10.2. The van der Waals surface area contributed by atoms with Gasteiger partial charge in [-0.25, -0.2) is 0 Å². The Morgan fingerprint density at radius 3 is 2.80 bits per heavy atom. The first-order chi connectivity index (χ1) is 9.49. The number of hydrogen-bond acceptors (Lipinski definition) is 6. The molecule has 0 bridgehead atoms. The van der Waals surface area contributed by atoms with E-state index in [0.717, 1.165) is 0 Å². The molecule has 0 aliphatic rings. The van der Waals surface area contributed by atoms with E-state index >= 15 is 0 Å². The smallest absolute Gasteiger partial charge is 0.272 e. The third-order valence-electron chi connectivity index (χ3n) is 2.82. The number of nitrogens with one attached hydrogen (secondary N) is 1. The van der Waals surface area contributed by atoms with Gasteiger partial charge < -0.3 is 5.32 Å². The Morgan fingerprint density at radius 2 is 2.20 bits per heavy atom. The van der Waals surface area contributed by atoms with Crippen molar-refractivity contribution < 1.29 is 4.92 Å². The maximum absolute atomic E-state index is 10.8. The molecule has 106 valence electrons. The number of nitro groups is 1. The molecule has 0 fully saturated rings. The third-order valence-corrected chi connectivity index (χ3v) is 2.82. The van der Waals surface area contributed by atoms with Gasteiger partial charge >= 0.3 is 0 Å². The van der Waals surface area contributed by atoms with Gasteiger partial charge in [0, 0.05) is 17.7 Å². The van der Waals surface area contributed by atoms with Crippen LogP contribution >= 0.6 is 0 Å². The molecule has 1 heterocycles. The van der Waals surface area contributed by atoms with Gasteiger partial charge in [0.1, 0.15) is 0 Å². The monoisotopic (exact) mass is 276 g/mol. The number of benzene rings is 1. The molecule has 8 nitrogen and oxygen atoms in total. The highest BCUT2D eigenvalue weighted by atomic mass is 16.6. The molecule has 20 heavy (non-hydrogen) atoms. The zero-order valence-electron chi connectivity index (χ0n) is 11.6. The fraction of sp³-hybridized carbons (Fsp3) is 0.417. The van der Waals surface area contributed by atoms with Crippen LogP contribution < -0.4 is 5.32 Å². The SMILES string of the molecule is Cc1cc(-n2nnnc2CNC(C)C)ccc1[N+](=O)[O-]. The summed E-state index contributed by atoms with van der Waals surface area (Å²) >= 11 is 0. The molecular formula is C12H16N6O2. The minimum Gasteiger partial charge on any atom is -0.308 e. The summed E-state index contributed by atoms with van der Waals surface area (Å²) in [5, 5.41) is 25.6. The molecule has 0 amide bonds. The molecule has 2 rings (SSSR count). The van der Waals surface area contributed by atoms with E-state index in [1.54, 1.807) is 23.7 Å². The number of hydrogen-bond donors (Lipinski definition) is 1. The molecule has 0 spiro atoms. The fourth-order valence-corrected chi connectivity index (χ4v) is 1.79. The number of tetrazole rings is 1. The lowest BCUT2D eigenvalue weighted by Crippen LogP contribution is -2.24. The quantitative estimate of drug-likeness (QED) is 0.654. The summed E-state index contributed by atoms with van der Waals surface area (Å²) in [5.41, 5.74) is 1.37. The minimum atomic E-state index is -0.403. The van der Waals surface area contributed by atoms with Gasteiger partial charge in [-0.2, -0.15) is 4.68 Å². The summed E-state index contributed by atoms with van der Waals surface area (Å²) in [4.78, 5) is 10.4. The predicted molar refractivity (Wildman–Crippen MR) is 72.5 cm³/mol. The number of nitro benzene ring substituents is 1. The van der Waals surface area contributed by atoms with Crippen molar-refractivity contribution >= 4 is 5.69 Å². The Hall–Kier alpha value is -2.35. The zero-order valence-corrected chi connectivity index (χ0v) is 11.6. The lowest BCUT2D eigenvalue weighted by molar-refractivity contribution is -0.385. The molecule has 0 saturated carbocycles. The number of aromatic nitrogens is 4. The molecule has 1 aromatic heterocycles. The van der Waals surface area contributed by atoms with E-state index in [0.29, 0.717) is 29.7 Å². The van der Waals surface area contributed by atoms with Crippen molar-refractivity contribution in [2.75, 3.05) is 0 Å². The van der Waals surface area contributed by atoms with Gasteiger partial charge in [-0.05, 0) is 29.5 Å². The highest BCUT2D eigenvalue weighted by Crippen LogP contribution is 2.20. The second-order valence-corrected chi connectivity index (χ2v) is 4.77. The summed E-state index contributed by atoms with van der Waals surface area (Å²) < 4.78 is 1.58. The predicted octanol–water partition coefficient (Wildman–Crippen LogP) is 1.38. The van der Waals surface area contributed by atoms with E-state index in [1.165, 1.54) is 6.07 Å². The maximum atomic E-state index is 10.8. The third kappa shape index (κ3) is 2.97. The van der Waals surface area contributed by atoms with Gasteiger partial charge in [-0.1, -0.05) is 13.8 Å². The van der Waals surface area contributed by atoms with Gasteiger partial charge in [0.15, 0.2) is 5.82 Å². The van der Waals surface area contributed by atoms with Crippen LogP contribution in [0.4, 0.5) is 5.69 Å². The number of aryl methyl sites for hydroxylation is 1. The van der Waals surface area contributed by atoms with E-state index in [4.69, 9.17) is 0 Å². The van der Waals surface area contributed by atoms with Crippen LogP contribution in [-0.2, 0) is 6.54 Å². The van der Waals surface area contributed by atoms with Crippen molar-refractivity contribution in [3.63, 3.8) is 0 Å². The van der Waals surface area contributed by atoms with Crippen LogP contribution in [0.1, 0.15) is 25.2 Å². The summed E-state index contributed by atoms with van der Waals surface area (Å²) in [6, 6.07) is 5.12. The average molecular weight is 276 g/mol. The summed E-state index contributed by atoms with van der Waals surface area (Å²) in [7, 11) is 0. The van der Waals surface area contributed by atoms with E-state index in [-0.39, 0.29) is 5.69 Å². The molecule has 0 saturated heterocycles. The zero-order chi connectivity index (χ0) is 14.7. The van der Waals surface area contributed by atoms with Crippen molar-refractivity contribution in [3.05, 3.63) is 39.7 Å². The second-order valence-electron chi connectivity index (χ2n) is 4.77. The standard InChI is InChI=1S/C12H16N6O2/c1-8(2)13-7-12-14-15-16-17(12)10-4-5-11(18(19)20)9(3)6-10/h4-6,8,13H,7H2,1-3H3. The average Bonchev–Trinajstić information content (AvgIpc) is 2.83. The normalized spacial score (nSPS) is 11.0. The van der Waals surface area contributed by atoms with E-state index in [1.807, 2.05) is 13.8 Å². The first-order valence-electron chi connectivity index (χ1n) is 6.25. The van der Waals surface area contributed by atoms with Crippen molar-refractivity contribution in [1.82, 2.24) is 25.5 Å². The largest absolute Gasteiger partial charge is 0.308 e. The topological polar surface area (TPSA) is 98.8 Å². The van der Waals surface area contributed by atoms with Gasteiger partial charge in [-0.15, -0.1) is 5.10 Å². The number of rotatable bonds is 5. The summed E-state index contributed by atoms with van der Waals surface area (Å²) in [6.07, 6.45) is 0. The van der Waals surface area contributed by atoms with Crippen LogP contribution in [0.5, 0.6) is 0 Å². The Balaban J connectivity index is 2.30. The highest BCUT2D eigenvalue weighted by molar-refractivity contribution is 5.47. The first-order valence-corrected chi connectivity index (χ1v) is 6.25. The Labute approximate surface area is 115 Å². The number of nitrogens with zero attached hydrogens (tertiary/aromatic N) is 5. The molecule has 2 aromatic rings. The molecule has 0 aliphatic carbocycles. The summed E-state index contributed by atoms with van der Waals surface area (Å²) in [6.45, 7) is 6.28. The molecule has 0 radical (unpaired) electrons. The Bertz CT molecular complexity index is 622. The van der Waals surface area contributed by atoms with Crippen molar-refractivity contribution in [3.8, 4) is 5.69 Å². The Kier molecular flexibility index (Phi) is 4.04. The van der Waals surface area contributed by atoms with Crippen LogP contribution in [0.3, 0.4) is 0 Å². The van der Waals surface area contributed by atoms with Crippen LogP contribution in [0, 0.1) is 17.0 Å². The maximum Gasteiger partial charge on any atom is 0.272 e. The van der Waals surface area contributed by atoms with Crippen LogP contribution in [0.25, 0.3) is 5.69 Å². The van der Waals surface area contributed by atoms with E-state index in [2.05, 4.69) is 20.8 Å². The highest BCUT2D eigenvalue weighted by Gasteiger charge is 2.14. The van der Waals surface area contributed by atoms with E-state index < -0.39 is 4.92 Å². The van der Waals surface area contributed by atoms with Gasteiger partial charge in [0.2, 0.25) is 0 Å². The molecule has 0 unspecified atom stereocenters. The summed E-state index contributed by atoms with van der Waals surface area (Å²) in [5.74, 6) is 0.659. The Morgan fingerprint density at radius 1 is 1.45 bits per heavy atom. The molecule has 1 aromatic carbocycles. The first kappa shape index (κ1) is 14.1. The van der Waals surface area contributed by atoms with Crippen molar-refractivity contribution in [1.29, 1.82) is 0 Å². The van der Waals surface area contributed by atoms with Gasteiger partial charge in [-0.3, -0.25) is 10.1 Å². The van der Waals surface area contributed by atoms with E-state index in [9.17, 15) is 10.1 Å². The molecule has 8 heteroatoms. The fourth-order valence-electron chi connectivity index (χ4n) is 1.79. The van der Waals surface area contributed by atoms with Crippen molar-refractivity contribution in [2.24, 2.45) is 0 Å². The lowest BCUT2D eigenvalue weighted by Gasteiger charge is -2.08. The molecule has 0 aliphatic heterocycles. The van der Waals surface area contributed by atoms with Crippen LogP contribution in [0.2, 0.25) is 0 Å². The van der Waals surface area contributed by atoms with Crippen molar-refractivity contribution in [2.45, 2.75) is 33.4 Å². The molecule has 1 N–H and O–H groups in total. The molecular weight excluding hydrogens is 260 g/mol. The van der Waals surface area contributed by atoms with Crippen LogP contribution in [0.15, 0.2) is 18.2 Å². The molecule has 0 atom stereocenters.